The Balaban J connectivity index is 1.59. The van der Waals surface area contributed by atoms with Gasteiger partial charge in [0.2, 0.25) is 0 Å². The third-order valence-electron chi connectivity index (χ3n) is 4.84. The van der Waals surface area contributed by atoms with Gasteiger partial charge in [-0.05, 0) is 41.8 Å². The number of thiophene rings is 2. The Morgan fingerprint density at radius 2 is 1.62 bits per heavy atom. The number of nitrogens with zero attached hydrogens (tertiary/aromatic N) is 2. The van der Waals surface area contributed by atoms with E-state index in [9.17, 15) is 0 Å². The number of pyridine rings is 2. The first-order valence-electron chi connectivity index (χ1n) is 8.40. The lowest BCUT2D eigenvalue weighted by Crippen LogP contribution is -1.85. The maximum atomic E-state index is 4.75. The van der Waals surface area contributed by atoms with Crippen LogP contribution < -0.4 is 0 Å². The maximum Gasteiger partial charge on any atom is 0.0965 e. The lowest BCUT2D eigenvalue weighted by atomic mass is 10.1. The molecule has 0 fully saturated rings. The van der Waals surface area contributed by atoms with Crippen molar-refractivity contribution < 1.29 is 0 Å². The minimum Gasteiger partial charge on any atom is -0.254 e. The smallest absolute Gasteiger partial charge is 0.0965 e. The molecule has 0 spiro atoms. The minimum atomic E-state index is 0.966. The van der Waals surface area contributed by atoms with Gasteiger partial charge in [0.25, 0.3) is 0 Å². The molecular weight excluding hydrogens is 356 g/mol. The van der Waals surface area contributed by atoms with Crippen molar-refractivity contribution in [1.29, 1.82) is 0 Å². The van der Waals surface area contributed by atoms with Gasteiger partial charge in [0.05, 0.1) is 11.0 Å². The Hall–Kier alpha value is -2.82. The molecule has 0 aliphatic rings. The summed E-state index contributed by atoms with van der Waals surface area (Å²) < 4.78 is 2.67. The van der Waals surface area contributed by atoms with Gasteiger partial charge in [-0.2, -0.15) is 0 Å². The highest BCUT2D eigenvalue weighted by atomic mass is 32.1. The van der Waals surface area contributed by atoms with Crippen LogP contribution in [0.3, 0.4) is 0 Å². The van der Waals surface area contributed by atoms with E-state index < -0.39 is 0 Å². The van der Waals surface area contributed by atoms with Crippen LogP contribution >= 0.6 is 22.7 Å². The summed E-state index contributed by atoms with van der Waals surface area (Å²) in [6.45, 7) is 0. The van der Waals surface area contributed by atoms with Gasteiger partial charge in [0.15, 0.2) is 0 Å². The van der Waals surface area contributed by atoms with E-state index in [0.29, 0.717) is 0 Å². The summed E-state index contributed by atoms with van der Waals surface area (Å²) in [5, 5.41) is 7.11. The quantitative estimate of drug-likeness (QED) is 0.296. The Labute approximate surface area is 157 Å². The van der Waals surface area contributed by atoms with Crippen molar-refractivity contribution in [3.05, 3.63) is 72.4 Å². The number of hydrogen-bond acceptors (Lipinski definition) is 4. The number of benzene rings is 2. The SMILES string of the molecule is c1cnc2c(c1)ccc1cc(-c3cc4c(ccc5sccc54)s3)cnc12. The minimum absolute atomic E-state index is 0.966. The molecule has 0 unspecified atom stereocenters. The van der Waals surface area contributed by atoms with Gasteiger partial charge < -0.3 is 0 Å². The molecule has 0 aliphatic carbocycles. The topological polar surface area (TPSA) is 25.8 Å². The van der Waals surface area contributed by atoms with Crippen molar-refractivity contribution in [3.63, 3.8) is 0 Å². The van der Waals surface area contributed by atoms with Gasteiger partial charge in [-0.3, -0.25) is 9.97 Å². The summed E-state index contributed by atoms with van der Waals surface area (Å²) in [5.74, 6) is 0. The molecule has 0 radical (unpaired) electrons. The van der Waals surface area contributed by atoms with Crippen LogP contribution in [0.1, 0.15) is 0 Å². The third kappa shape index (κ3) is 2.03. The van der Waals surface area contributed by atoms with Gasteiger partial charge in [-0.15, -0.1) is 22.7 Å². The highest BCUT2D eigenvalue weighted by Gasteiger charge is 2.10. The summed E-state index contributed by atoms with van der Waals surface area (Å²) in [5.41, 5.74) is 3.10. The van der Waals surface area contributed by atoms with Crippen molar-refractivity contribution in [2.24, 2.45) is 0 Å². The Kier molecular flexibility index (Phi) is 2.95. The summed E-state index contributed by atoms with van der Waals surface area (Å²) in [6.07, 6.45) is 3.81. The second kappa shape index (κ2) is 5.34. The molecule has 26 heavy (non-hydrogen) atoms. The average molecular weight is 368 g/mol. The van der Waals surface area contributed by atoms with Crippen molar-refractivity contribution in [3.8, 4) is 10.4 Å². The molecule has 0 atom stereocenters. The number of fused-ring (bicyclic) bond motifs is 6. The van der Waals surface area contributed by atoms with Gasteiger partial charge in [0, 0.05) is 53.8 Å². The van der Waals surface area contributed by atoms with Crippen molar-refractivity contribution >= 4 is 64.7 Å². The van der Waals surface area contributed by atoms with Crippen molar-refractivity contribution in [2.75, 3.05) is 0 Å². The largest absolute Gasteiger partial charge is 0.254 e. The Morgan fingerprint density at radius 3 is 2.62 bits per heavy atom. The zero-order valence-corrected chi connectivity index (χ0v) is 15.3. The predicted molar refractivity (Wildman–Crippen MR) is 113 cm³/mol. The van der Waals surface area contributed by atoms with Crippen LogP contribution in [0.4, 0.5) is 0 Å². The highest BCUT2D eigenvalue weighted by molar-refractivity contribution is 7.23. The van der Waals surface area contributed by atoms with Crippen LogP contribution in [0.25, 0.3) is 52.4 Å². The third-order valence-corrected chi connectivity index (χ3v) is 6.87. The van der Waals surface area contributed by atoms with Crippen LogP contribution in [0.5, 0.6) is 0 Å². The fourth-order valence-corrected chi connectivity index (χ4v) is 5.44. The molecule has 122 valence electrons. The van der Waals surface area contributed by atoms with E-state index in [4.69, 9.17) is 4.98 Å². The summed E-state index contributed by atoms with van der Waals surface area (Å²) in [7, 11) is 0. The average Bonchev–Trinajstić information content (AvgIpc) is 3.33. The molecule has 0 aliphatic heterocycles. The number of rotatable bonds is 1. The molecule has 6 aromatic rings. The van der Waals surface area contributed by atoms with E-state index in [-0.39, 0.29) is 0 Å². The lowest BCUT2D eigenvalue weighted by Gasteiger charge is -2.04. The standard InChI is InChI=1S/C22H12N2S2/c1-2-13-3-4-14-10-15(12-24-22(14)21(13)23-8-1)20-11-17-16-7-9-25-18(16)5-6-19(17)26-20/h1-12H. The Bertz CT molecular complexity index is 1440. The molecular formula is C22H12N2S2. The van der Waals surface area contributed by atoms with Gasteiger partial charge in [0.1, 0.15) is 0 Å². The monoisotopic (exact) mass is 368 g/mol. The second-order valence-electron chi connectivity index (χ2n) is 6.36. The van der Waals surface area contributed by atoms with Crippen LogP contribution in [-0.4, -0.2) is 9.97 Å². The molecule has 6 rings (SSSR count). The summed E-state index contributed by atoms with van der Waals surface area (Å²) in [6, 6.07) is 19.5. The number of aromatic nitrogens is 2. The molecule has 2 nitrogen and oxygen atoms in total. The molecule has 2 aromatic carbocycles. The Morgan fingerprint density at radius 1 is 0.731 bits per heavy atom. The molecule has 4 heterocycles. The second-order valence-corrected chi connectivity index (χ2v) is 8.39. The van der Waals surface area contributed by atoms with Gasteiger partial charge in [-0.25, -0.2) is 0 Å². The fourth-order valence-electron chi connectivity index (χ4n) is 3.58. The van der Waals surface area contributed by atoms with Crippen molar-refractivity contribution in [2.45, 2.75) is 0 Å². The highest BCUT2D eigenvalue weighted by Crippen LogP contribution is 2.39. The van der Waals surface area contributed by atoms with Crippen LogP contribution in [-0.2, 0) is 0 Å². The van der Waals surface area contributed by atoms with E-state index >= 15 is 0 Å². The van der Waals surface area contributed by atoms with Crippen molar-refractivity contribution in [1.82, 2.24) is 9.97 Å². The van der Waals surface area contributed by atoms with Gasteiger partial charge >= 0.3 is 0 Å². The molecule has 0 bridgehead atoms. The van der Waals surface area contributed by atoms with E-state index in [2.05, 4.69) is 58.9 Å². The lowest BCUT2D eigenvalue weighted by molar-refractivity contribution is 1.38. The normalized spacial score (nSPS) is 11.8. The molecule has 0 N–H and O–H groups in total. The van der Waals surface area contributed by atoms with E-state index in [1.807, 2.05) is 29.8 Å². The first kappa shape index (κ1) is 14.4. The zero-order valence-electron chi connectivity index (χ0n) is 13.6. The molecule has 0 saturated heterocycles. The zero-order chi connectivity index (χ0) is 17.1. The molecule has 0 amide bonds. The van der Waals surface area contributed by atoms with Crippen LogP contribution in [0.15, 0.2) is 72.4 Å². The molecule has 4 heteroatoms. The first-order chi connectivity index (χ1) is 12.9. The first-order valence-corrected chi connectivity index (χ1v) is 10.1. The molecule has 0 saturated carbocycles. The fraction of sp³-hybridized carbons (Fsp3) is 0. The van der Waals surface area contributed by atoms with E-state index in [1.165, 1.54) is 25.0 Å². The maximum absolute atomic E-state index is 4.75. The molecule has 4 aromatic heterocycles. The summed E-state index contributed by atoms with van der Waals surface area (Å²) in [4.78, 5) is 10.5. The van der Waals surface area contributed by atoms with E-state index in [0.717, 1.165) is 27.4 Å². The van der Waals surface area contributed by atoms with E-state index in [1.54, 1.807) is 11.3 Å². The predicted octanol–water partition coefficient (Wildman–Crippen LogP) is 6.88. The number of hydrogen-bond donors (Lipinski definition) is 0. The summed E-state index contributed by atoms with van der Waals surface area (Å²) >= 11 is 3.63. The van der Waals surface area contributed by atoms with Crippen LogP contribution in [0.2, 0.25) is 0 Å². The van der Waals surface area contributed by atoms with Crippen LogP contribution in [0, 0.1) is 0 Å². The van der Waals surface area contributed by atoms with Gasteiger partial charge in [-0.1, -0.05) is 18.2 Å².